The van der Waals surface area contributed by atoms with Crippen LogP contribution in [0.2, 0.25) is 0 Å². The minimum atomic E-state index is 0.0802. The minimum Gasteiger partial charge on any atom is -0.395 e. The van der Waals surface area contributed by atoms with Crippen LogP contribution in [0.4, 0.5) is 0 Å². The molecule has 0 spiro atoms. The van der Waals surface area contributed by atoms with Gasteiger partial charge in [-0.25, -0.2) is 4.98 Å². The van der Waals surface area contributed by atoms with Gasteiger partial charge in [0.25, 0.3) is 0 Å². The fourth-order valence-electron chi connectivity index (χ4n) is 1.82. The minimum absolute atomic E-state index is 0.0802. The van der Waals surface area contributed by atoms with Gasteiger partial charge in [-0.1, -0.05) is 30.3 Å². The van der Waals surface area contributed by atoms with Crippen LogP contribution in [0.25, 0.3) is 0 Å². The Kier molecular flexibility index (Phi) is 4.87. The van der Waals surface area contributed by atoms with Gasteiger partial charge in [-0.05, 0) is 18.9 Å². The number of nitrogens with zero attached hydrogens (tertiary/aromatic N) is 1. The second-order valence-electron chi connectivity index (χ2n) is 4.33. The van der Waals surface area contributed by atoms with Crippen molar-refractivity contribution in [1.82, 2.24) is 10.3 Å². The van der Waals surface area contributed by atoms with Crippen molar-refractivity contribution in [2.45, 2.75) is 25.9 Å². The van der Waals surface area contributed by atoms with Crippen molar-refractivity contribution in [1.29, 1.82) is 0 Å². The highest BCUT2D eigenvalue weighted by molar-refractivity contribution is 7.09. The molecule has 2 rings (SSSR count). The van der Waals surface area contributed by atoms with E-state index < -0.39 is 0 Å². The number of aromatic nitrogens is 1. The zero-order valence-electron chi connectivity index (χ0n) is 10.5. The zero-order chi connectivity index (χ0) is 12.8. The standard InChI is InChI=1S/C14H18N2OS/c1-11-10-18-14(16-11)8-15-13(9-17)7-12-5-3-2-4-6-12/h2-6,10,13,15,17H,7-9H2,1H3/t13-/m1/s1. The molecule has 0 aliphatic carbocycles. The van der Waals surface area contributed by atoms with Gasteiger partial charge in [0.15, 0.2) is 0 Å². The first-order chi connectivity index (χ1) is 8.78. The molecule has 0 fully saturated rings. The van der Waals surface area contributed by atoms with Gasteiger partial charge in [0.1, 0.15) is 5.01 Å². The summed E-state index contributed by atoms with van der Waals surface area (Å²) in [6.45, 7) is 2.85. The second kappa shape index (κ2) is 6.64. The highest BCUT2D eigenvalue weighted by Crippen LogP contribution is 2.09. The van der Waals surface area contributed by atoms with Crippen molar-refractivity contribution in [3.63, 3.8) is 0 Å². The molecule has 1 heterocycles. The molecule has 0 aliphatic rings. The Morgan fingerprint density at radius 1 is 1.33 bits per heavy atom. The van der Waals surface area contributed by atoms with Crippen LogP contribution in [0.5, 0.6) is 0 Å². The van der Waals surface area contributed by atoms with Gasteiger partial charge in [0.2, 0.25) is 0 Å². The Bertz CT molecular complexity index is 470. The Morgan fingerprint density at radius 3 is 2.72 bits per heavy atom. The number of aliphatic hydroxyl groups is 1. The number of aliphatic hydroxyl groups excluding tert-OH is 1. The number of aryl methyl sites for hydroxylation is 1. The number of hydrogen-bond donors (Lipinski definition) is 2. The summed E-state index contributed by atoms with van der Waals surface area (Å²) in [5.74, 6) is 0. The van der Waals surface area contributed by atoms with E-state index in [-0.39, 0.29) is 12.6 Å². The smallest absolute Gasteiger partial charge is 0.107 e. The van der Waals surface area contributed by atoms with Gasteiger partial charge in [-0.15, -0.1) is 11.3 Å². The van der Waals surface area contributed by atoms with E-state index in [4.69, 9.17) is 0 Å². The summed E-state index contributed by atoms with van der Waals surface area (Å²) < 4.78 is 0. The van der Waals surface area contributed by atoms with Crippen molar-refractivity contribution in [2.75, 3.05) is 6.61 Å². The summed E-state index contributed by atoms with van der Waals surface area (Å²) in [4.78, 5) is 4.40. The molecule has 4 heteroatoms. The fraction of sp³-hybridized carbons (Fsp3) is 0.357. The van der Waals surface area contributed by atoms with Crippen molar-refractivity contribution in [3.05, 3.63) is 52.0 Å². The molecule has 2 aromatic rings. The van der Waals surface area contributed by atoms with E-state index in [1.165, 1.54) is 5.56 Å². The first-order valence-electron chi connectivity index (χ1n) is 6.07. The third-order valence-corrected chi connectivity index (χ3v) is 3.72. The maximum absolute atomic E-state index is 9.39. The lowest BCUT2D eigenvalue weighted by Crippen LogP contribution is -2.34. The molecule has 3 nitrogen and oxygen atoms in total. The van der Waals surface area contributed by atoms with E-state index in [1.54, 1.807) is 11.3 Å². The molecule has 1 atom stereocenters. The Labute approximate surface area is 112 Å². The van der Waals surface area contributed by atoms with Crippen LogP contribution < -0.4 is 5.32 Å². The summed E-state index contributed by atoms with van der Waals surface area (Å²) in [5, 5.41) is 15.8. The average molecular weight is 262 g/mol. The van der Waals surface area contributed by atoms with E-state index in [9.17, 15) is 5.11 Å². The zero-order valence-corrected chi connectivity index (χ0v) is 11.3. The molecular formula is C14H18N2OS. The van der Waals surface area contributed by atoms with E-state index in [0.29, 0.717) is 0 Å². The SMILES string of the molecule is Cc1csc(CN[C@@H](CO)Cc2ccccc2)n1. The summed E-state index contributed by atoms with van der Waals surface area (Å²) in [7, 11) is 0. The average Bonchev–Trinajstić information content (AvgIpc) is 2.81. The summed E-state index contributed by atoms with van der Waals surface area (Å²) in [5.41, 5.74) is 2.29. The van der Waals surface area contributed by atoms with Crippen molar-refractivity contribution >= 4 is 11.3 Å². The van der Waals surface area contributed by atoms with Crippen LogP contribution in [-0.2, 0) is 13.0 Å². The molecule has 1 aromatic carbocycles. The molecular weight excluding hydrogens is 244 g/mol. The van der Waals surface area contributed by atoms with Gasteiger partial charge >= 0.3 is 0 Å². The molecule has 0 bridgehead atoms. The predicted octanol–water partition coefficient (Wildman–Crippen LogP) is 2.14. The van der Waals surface area contributed by atoms with E-state index >= 15 is 0 Å². The Balaban J connectivity index is 1.86. The van der Waals surface area contributed by atoms with Crippen LogP contribution in [0.1, 0.15) is 16.3 Å². The molecule has 0 amide bonds. The fourth-order valence-corrected chi connectivity index (χ4v) is 2.54. The van der Waals surface area contributed by atoms with Gasteiger partial charge in [-0.3, -0.25) is 0 Å². The van der Waals surface area contributed by atoms with E-state index in [2.05, 4.69) is 22.4 Å². The monoisotopic (exact) mass is 262 g/mol. The van der Waals surface area contributed by atoms with Crippen LogP contribution in [0.3, 0.4) is 0 Å². The molecule has 18 heavy (non-hydrogen) atoms. The first kappa shape index (κ1) is 13.2. The predicted molar refractivity (Wildman–Crippen MR) is 74.7 cm³/mol. The van der Waals surface area contributed by atoms with Crippen molar-refractivity contribution in [3.8, 4) is 0 Å². The van der Waals surface area contributed by atoms with Crippen LogP contribution >= 0.6 is 11.3 Å². The van der Waals surface area contributed by atoms with Crippen LogP contribution in [0.15, 0.2) is 35.7 Å². The van der Waals surface area contributed by atoms with Crippen LogP contribution in [0, 0.1) is 6.92 Å². The summed E-state index contributed by atoms with van der Waals surface area (Å²) >= 11 is 1.65. The molecule has 1 aromatic heterocycles. The van der Waals surface area contributed by atoms with Crippen molar-refractivity contribution < 1.29 is 5.11 Å². The Morgan fingerprint density at radius 2 is 2.11 bits per heavy atom. The lowest BCUT2D eigenvalue weighted by molar-refractivity contribution is 0.240. The number of nitrogens with one attached hydrogen (secondary N) is 1. The third kappa shape index (κ3) is 3.91. The Hall–Kier alpha value is -1.23. The number of rotatable bonds is 6. The molecule has 0 saturated carbocycles. The lowest BCUT2D eigenvalue weighted by atomic mass is 10.1. The van der Waals surface area contributed by atoms with E-state index in [1.807, 2.05) is 30.5 Å². The lowest BCUT2D eigenvalue weighted by Gasteiger charge is -2.15. The summed E-state index contributed by atoms with van der Waals surface area (Å²) in [6.07, 6.45) is 0.835. The maximum Gasteiger partial charge on any atom is 0.107 e. The first-order valence-corrected chi connectivity index (χ1v) is 6.95. The summed E-state index contributed by atoms with van der Waals surface area (Å²) in [6, 6.07) is 10.3. The molecule has 2 N–H and O–H groups in total. The quantitative estimate of drug-likeness (QED) is 0.838. The molecule has 0 unspecified atom stereocenters. The van der Waals surface area contributed by atoms with Crippen LogP contribution in [-0.4, -0.2) is 22.7 Å². The van der Waals surface area contributed by atoms with Gasteiger partial charge in [0, 0.05) is 23.7 Å². The normalized spacial score (nSPS) is 12.6. The number of hydrogen-bond acceptors (Lipinski definition) is 4. The third-order valence-electron chi connectivity index (χ3n) is 2.75. The van der Waals surface area contributed by atoms with Gasteiger partial charge in [-0.2, -0.15) is 0 Å². The highest BCUT2D eigenvalue weighted by atomic mass is 32.1. The molecule has 96 valence electrons. The topological polar surface area (TPSA) is 45.1 Å². The van der Waals surface area contributed by atoms with E-state index in [0.717, 1.165) is 23.7 Å². The molecule has 0 saturated heterocycles. The van der Waals surface area contributed by atoms with Gasteiger partial charge in [0.05, 0.1) is 6.61 Å². The highest BCUT2D eigenvalue weighted by Gasteiger charge is 2.08. The molecule has 0 radical (unpaired) electrons. The second-order valence-corrected chi connectivity index (χ2v) is 5.28. The number of thiazole rings is 1. The maximum atomic E-state index is 9.39. The molecule has 0 aliphatic heterocycles. The largest absolute Gasteiger partial charge is 0.395 e. The van der Waals surface area contributed by atoms with Crippen molar-refractivity contribution in [2.24, 2.45) is 0 Å². The van der Waals surface area contributed by atoms with Gasteiger partial charge < -0.3 is 10.4 Å². The number of benzene rings is 1.